The van der Waals surface area contributed by atoms with Gasteiger partial charge in [-0.05, 0) is 66.6 Å². The van der Waals surface area contributed by atoms with Crippen LogP contribution < -0.4 is 0 Å². The van der Waals surface area contributed by atoms with Gasteiger partial charge in [0.05, 0.1) is 94.4 Å². The van der Waals surface area contributed by atoms with Gasteiger partial charge in [-0.2, -0.15) is 0 Å². The second-order valence-electron chi connectivity index (χ2n) is 16.3. The Bertz CT molecular complexity index is 5640. The molecule has 0 fully saturated rings. The maximum atomic E-state index is 9.88. The fraction of sp³-hybridized carbons (Fsp3) is 0. The fourth-order valence-electron chi connectivity index (χ4n) is 9.69. The minimum absolute atomic E-state index is 0.0359. The normalized spacial score (nSPS) is 16.8. The summed E-state index contributed by atoms with van der Waals surface area (Å²) in [7, 11) is 0. The van der Waals surface area contributed by atoms with Gasteiger partial charge in [0.25, 0.3) is 0 Å². The van der Waals surface area contributed by atoms with Gasteiger partial charge in [0.15, 0.2) is 5.82 Å². The number of rotatable bonds is 6. The van der Waals surface area contributed by atoms with Crippen molar-refractivity contribution in [3.8, 4) is 51.0 Å². The van der Waals surface area contributed by atoms with Crippen molar-refractivity contribution in [2.75, 3.05) is 0 Å². The summed E-state index contributed by atoms with van der Waals surface area (Å²) in [5, 5.41) is -1.40. The van der Waals surface area contributed by atoms with Crippen molar-refractivity contribution in [1.82, 2.24) is 23.7 Å². The molecule has 10 aromatic carbocycles. The third-order valence-electron chi connectivity index (χ3n) is 12.6. The van der Waals surface area contributed by atoms with E-state index in [0.29, 0.717) is 27.7 Å². The molecule has 5 aromatic heterocycles. The molecule has 0 saturated carbocycles. The van der Waals surface area contributed by atoms with Gasteiger partial charge >= 0.3 is 0 Å². The zero-order valence-electron chi connectivity index (χ0n) is 59.8. The summed E-state index contributed by atoms with van der Waals surface area (Å²) < 4.78 is 236. The Kier molecular flexibility index (Phi) is 4.73. The van der Waals surface area contributed by atoms with Gasteiger partial charge < -0.3 is 18.1 Å². The number of aromatic nitrogens is 5. The number of hydrogen-bond acceptors (Lipinski definition) is 3. The van der Waals surface area contributed by atoms with E-state index in [1.165, 1.54) is 12.1 Å². The van der Waals surface area contributed by atoms with Gasteiger partial charge in [-0.3, -0.25) is 0 Å². The fourth-order valence-corrected chi connectivity index (χ4v) is 9.69. The molecule has 326 valence electrons. The van der Waals surface area contributed by atoms with E-state index in [0.717, 1.165) is 19.1 Å². The molecule has 5 heterocycles. The molecule has 0 aliphatic rings. The van der Waals surface area contributed by atoms with Crippen LogP contribution in [-0.4, -0.2) is 23.7 Å². The van der Waals surface area contributed by atoms with Gasteiger partial charge in [0.2, 0.25) is 0 Å². The maximum Gasteiger partial charge on any atom is 0.160 e. The molecule has 0 aliphatic heterocycles. The van der Waals surface area contributed by atoms with E-state index in [2.05, 4.69) is 0 Å². The number of hydrogen-bond donors (Lipinski definition) is 0. The molecule has 15 aromatic rings. The smallest absolute Gasteiger partial charge is 0.160 e. The minimum Gasteiger partial charge on any atom is -0.455 e. The first-order valence-corrected chi connectivity index (χ1v) is 21.8. The van der Waals surface area contributed by atoms with Crippen LogP contribution in [0, 0.1) is 0 Å². The van der Waals surface area contributed by atoms with Crippen LogP contribution in [0.2, 0.25) is 0 Å². The van der Waals surface area contributed by atoms with Crippen LogP contribution in [0.5, 0.6) is 0 Å². The van der Waals surface area contributed by atoms with Crippen molar-refractivity contribution in [3.05, 3.63) is 236 Å². The quantitative estimate of drug-likeness (QED) is 0.167. The molecule has 6 nitrogen and oxygen atoms in total. The molecule has 0 radical (unpaired) electrons. The van der Waals surface area contributed by atoms with E-state index in [4.69, 9.17) is 22.6 Å². The van der Waals surface area contributed by atoms with Gasteiger partial charge in [-0.25, -0.2) is 9.97 Å². The largest absolute Gasteiger partial charge is 0.455 e. The molecule has 0 saturated heterocycles. The molecule has 70 heavy (non-hydrogen) atoms. The zero-order valence-corrected chi connectivity index (χ0v) is 35.8. The third kappa shape index (κ3) is 5.62. The summed E-state index contributed by atoms with van der Waals surface area (Å²) in [6, 6.07) is 5.44. The molecular formula is C64H39N5O. The van der Waals surface area contributed by atoms with E-state index in [1.54, 1.807) is 54.6 Å². The van der Waals surface area contributed by atoms with Gasteiger partial charge in [-0.15, -0.1) is 0 Å². The summed E-state index contributed by atoms with van der Waals surface area (Å²) in [4.78, 5) is 10.3. The molecule has 6 heteroatoms. The average Bonchev–Trinajstić information content (AvgIpc) is 1.52. The van der Waals surface area contributed by atoms with Crippen molar-refractivity contribution in [2.45, 2.75) is 0 Å². The lowest BCUT2D eigenvalue weighted by Crippen LogP contribution is -2.10. The number of para-hydroxylation sites is 8. The topological polar surface area (TPSA) is 53.7 Å². The molecule has 0 unspecified atom stereocenters. The van der Waals surface area contributed by atoms with Crippen LogP contribution in [0.15, 0.2) is 240 Å². The highest BCUT2D eigenvalue weighted by molar-refractivity contribution is 6.14. The highest BCUT2D eigenvalue weighted by Gasteiger charge is 2.27. The van der Waals surface area contributed by atoms with Crippen LogP contribution in [0.1, 0.15) is 32.9 Å². The van der Waals surface area contributed by atoms with Crippen LogP contribution in [-0.2, 0) is 0 Å². The lowest BCUT2D eigenvalue weighted by molar-refractivity contribution is 0.670. The van der Waals surface area contributed by atoms with E-state index < -0.39 is 227 Å². The number of nitrogens with zero attached hydrogens (tertiary/aromatic N) is 5. The van der Waals surface area contributed by atoms with Crippen molar-refractivity contribution in [3.63, 3.8) is 0 Å². The third-order valence-corrected chi connectivity index (χ3v) is 12.6. The van der Waals surface area contributed by atoms with Crippen molar-refractivity contribution in [2.24, 2.45) is 0 Å². The first kappa shape index (κ1) is 22.1. The molecule has 0 N–H and O–H groups in total. The summed E-state index contributed by atoms with van der Waals surface area (Å²) in [6.07, 6.45) is 0. The Morgan fingerprint density at radius 3 is 1.30 bits per heavy atom. The maximum absolute atomic E-state index is 9.88. The molecule has 0 aliphatic carbocycles. The molecular weight excluding hydrogens is 855 g/mol. The Hall–Kier alpha value is -9.52. The Labute approximate surface area is 434 Å². The molecule has 0 spiro atoms. The summed E-state index contributed by atoms with van der Waals surface area (Å²) in [5.74, 6) is 0.0722. The van der Waals surface area contributed by atoms with Gasteiger partial charge in [0.1, 0.15) is 11.2 Å². The van der Waals surface area contributed by atoms with E-state index in [-0.39, 0.29) is 22.8 Å². The van der Waals surface area contributed by atoms with Crippen LogP contribution in [0.3, 0.4) is 0 Å². The van der Waals surface area contributed by atoms with Crippen molar-refractivity contribution < 1.29 is 37.3 Å². The molecule has 0 amide bonds. The van der Waals surface area contributed by atoms with Gasteiger partial charge in [0, 0.05) is 59.8 Å². The number of furan rings is 1. The summed E-state index contributed by atoms with van der Waals surface area (Å²) in [5.41, 5.74) is -3.03. The minimum atomic E-state index is -0.904. The van der Waals surface area contributed by atoms with Crippen molar-refractivity contribution >= 4 is 87.4 Å². The predicted octanol–water partition coefficient (Wildman–Crippen LogP) is 16.7. The van der Waals surface area contributed by atoms with Crippen LogP contribution in [0.25, 0.3) is 138 Å². The van der Waals surface area contributed by atoms with E-state index in [1.807, 2.05) is 24.3 Å². The van der Waals surface area contributed by atoms with E-state index in [9.17, 15) is 24.7 Å². The van der Waals surface area contributed by atoms with Crippen LogP contribution >= 0.6 is 0 Å². The Balaban J connectivity index is 1.29. The first-order chi connectivity index (χ1) is 44.7. The lowest BCUT2D eigenvalue weighted by atomic mass is 10.0. The summed E-state index contributed by atoms with van der Waals surface area (Å²) >= 11 is 0. The molecule has 15 rings (SSSR count). The predicted molar refractivity (Wildman–Crippen MR) is 289 cm³/mol. The SMILES string of the molecule is [2H]c1c([2H])c([2H])c2c(c1[2H])c1c([2H])c([2H])c([2H])c([2H])c1n2-c1cc(-c2cc(-c3cccc4c3oc3ccccc34)nc(-c3ccccc3)n2)cc(-n2c3c([2H])c([2H])c([2H])c([2H])c3c3c([2H])c([2H])c([2H])c([2H])c32)c1-n1c2c([2H])c([2H])c([2H])c([2H])c2c2c([2H])c([2H])c([2H])c([2H])c21. The standard InChI is InChI=1S/C64H39N5O/c1-2-19-40(20-3-1)64-65-51(39-52(66-64)50-29-18-28-49-48-27-10-17-36-61(48)70-63(49)50)41-37-59(67-53-30-11-4-21-42(53)43-22-5-12-31-54(43)67)62(69-57-34-15-8-25-46(57)47-26-9-16-35-58(47)69)60(38-41)68-55-32-13-6-23-44(55)45-24-7-14-33-56(45)68/h1-39H/i4D,5D,6D,7D,8D,9D,11D,12D,13D,14D,15D,16D,21D,22D,23D,24D,25D,26D,30D,31D,32D,33D,34D,35D. The second-order valence-corrected chi connectivity index (χ2v) is 16.3. The Morgan fingerprint density at radius 2 is 0.786 bits per heavy atom. The molecule has 0 atom stereocenters. The monoisotopic (exact) mass is 917 g/mol. The summed E-state index contributed by atoms with van der Waals surface area (Å²) in [6.45, 7) is 0. The van der Waals surface area contributed by atoms with Crippen LogP contribution in [0.4, 0.5) is 0 Å². The Morgan fingerprint density at radius 1 is 0.357 bits per heavy atom. The number of benzene rings is 10. The lowest BCUT2D eigenvalue weighted by Gasteiger charge is -2.23. The van der Waals surface area contributed by atoms with Crippen molar-refractivity contribution in [1.29, 1.82) is 0 Å². The first-order valence-electron chi connectivity index (χ1n) is 33.8. The molecule has 0 bridgehead atoms. The number of fused-ring (bicyclic) bond motifs is 12. The zero-order chi connectivity index (χ0) is 66.8. The highest BCUT2D eigenvalue weighted by Crippen LogP contribution is 2.45. The average molecular weight is 918 g/mol. The highest BCUT2D eigenvalue weighted by atomic mass is 16.3. The van der Waals surface area contributed by atoms with E-state index >= 15 is 0 Å². The second kappa shape index (κ2) is 15.0. The van der Waals surface area contributed by atoms with Gasteiger partial charge in [-0.1, -0.05) is 169 Å².